The van der Waals surface area contributed by atoms with E-state index < -0.39 is 5.97 Å². The first kappa shape index (κ1) is 22.7. The minimum Gasteiger partial charge on any atom is -0.497 e. The Balaban J connectivity index is 1.65. The van der Waals surface area contributed by atoms with Gasteiger partial charge in [-0.25, -0.2) is 0 Å². The van der Waals surface area contributed by atoms with Crippen molar-refractivity contribution in [2.45, 2.75) is 12.8 Å². The van der Waals surface area contributed by atoms with Gasteiger partial charge >= 0.3 is 5.97 Å². The molecule has 1 amide bonds. The summed E-state index contributed by atoms with van der Waals surface area (Å²) in [5.74, 6) is 0.397. The van der Waals surface area contributed by atoms with E-state index >= 15 is 0 Å². The van der Waals surface area contributed by atoms with E-state index in [9.17, 15) is 14.4 Å². The van der Waals surface area contributed by atoms with Crippen LogP contribution in [0.5, 0.6) is 23.0 Å². The van der Waals surface area contributed by atoms with Gasteiger partial charge in [-0.3, -0.25) is 14.4 Å². The van der Waals surface area contributed by atoms with E-state index in [0.29, 0.717) is 40.5 Å². The molecule has 2 aromatic rings. The molecule has 0 spiro atoms. The van der Waals surface area contributed by atoms with Gasteiger partial charge in [0.05, 0.1) is 19.8 Å². The van der Waals surface area contributed by atoms with Crippen LogP contribution in [0.15, 0.2) is 42.2 Å². The van der Waals surface area contributed by atoms with Gasteiger partial charge in [0.15, 0.2) is 12.4 Å². The van der Waals surface area contributed by atoms with Gasteiger partial charge in [0.25, 0.3) is 5.91 Å². The number of allylic oxidation sites excluding steroid dienone is 1. The van der Waals surface area contributed by atoms with Crippen molar-refractivity contribution in [3.8, 4) is 23.0 Å². The SMILES string of the molecule is COc1ccc(OC)c(/C=C2/Oc3cc(OCC(=O)NCCCC(=O)O)ccc3C2=O)c1. The molecule has 0 saturated heterocycles. The van der Waals surface area contributed by atoms with E-state index in [0.717, 1.165) is 0 Å². The average Bonchev–Trinajstić information content (AvgIpc) is 3.09. The fourth-order valence-corrected chi connectivity index (χ4v) is 3.02. The van der Waals surface area contributed by atoms with Gasteiger partial charge in [-0.1, -0.05) is 0 Å². The first-order chi connectivity index (χ1) is 15.4. The maximum absolute atomic E-state index is 12.7. The quantitative estimate of drug-likeness (QED) is 0.427. The minimum atomic E-state index is -0.915. The standard InChI is InChI=1S/C23H23NO8/c1-29-15-6-8-18(30-2)14(10-15)11-20-23(28)17-7-5-16(12-19(17)32-20)31-13-21(25)24-9-3-4-22(26)27/h5-8,10-12H,3-4,9,13H2,1-2H3,(H,24,25)(H,26,27)/b20-11+. The fourth-order valence-electron chi connectivity index (χ4n) is 3.02. The third kappa shape index (κ3) is 5.57. The van der Waals surface area contributed by atoms with E-state index in [-0.39, 0.29) is 37.0 Å². The molecule has 32 heavy (non-hydrogen) atoms. The Morgan fingerprint density at radius 1 is 1.09 bits per heavy atom. The lowest BCUT2D eigenvalue weighted by Gasteiger charge is -2.08. The molecule has 1 aliphatic rings. The second-order valence-electron chi connectivity index (χ2n) is 6.84. The number of Topliss-reactive ketones (excluding diaryl/α,β-unsaturated/α-hetero) is 1. The van der Waals surface area contributed by atoms with Gasteiger partial charge in [0.1, 0.15) is 23.0 Å². The zero-order valence-electron chi connectivity index (χ0n) is 17.7. The summed E-state index contributed by atoms with van der Waals surface area (Å²) in [5, 5.41) is 11.2. The number of rotatable bonds is 10. The third-order valence-corrected chi connectivity index (χ3v) is 4.62. The molecule has 0 fully saturated rings. The van der Waals surface area contributed by atoms with Crippen molar-refractivity contribution in [1.82, 2.24) is 5.32 Å². The normalized spacial score (nSPS) is 13.3. The zero-order valence-corrected chi connectivity index (χ0v) is 17.7. The second kappa shape index (κ2) is 10.3. The predicted octanol–water partition coefficient (Wildman–Crippen LogP) is 2.68. The monoisotopic (exact) mass is 441 g/mol. The predicted molar refractivity (Wildman–Crippen MR) is 114 cm³/mol. The molecule has 1 aliphatic heterocycles. The highest BCUT2D eigenvalue weighted by molar-refractivity contribution is 6.14. The number of ketones is 1. The number of carboxylic acid groups (broad SMARTS) is 1. The maximum Gasteiger partial charge on any atom is 0.303 e. The van der Waals surface area contributed by atoms with Crippen molar-refractivity contribution >= 4 is 23.7 Å². The smallest absolute Gasteiger partial charge is 0.303 e. The number of amides is 1. The van der Waals surface area contributed by atoms with Crippen molar-refractivity contribution in [2.75, 3.05) is 27.4 Å². The van der Waals surface area contributed by atoms with Crippen LogP contribution in [-0.2, 0) is 9.59 Å². The molecular weight excluding hydrogens is 418 g/mol. The van der Waals surface area contributed by atoms with Crippen LogP contribution in [0, 0.1) is 0 Å². The van der Waals surface area contributed by atoms with Crippen LogP contribution in [0.2, 0.25) is 0 Å². The zero-order chi connectivity index (χ0) is 23.1. The van der Waals surface area contributed by atoms with Crippen LogP contribution in [0.3, 0.4) is 0 Å². The molecule has 2 N–H and O–H groups in total. The largest absolute Gasteiger partial charge is 0.497 e. The number of hydrogen-bond donors (Lipinski definition) is 2. The van der Waals surface area contributed by atoms with Crippen LogP contribution < -0.4 is 24.3 Å². The van der Waals surface area contributed by atoms with Crippen LogP contribution in [0.25, 0.3) is 6.08 Å². The second-order valence-corrected chi connectivity index (χ2v) is 6.84. The molecule has 2 aromatic carbocycles. The molecule has 3 rings (SSSR count). The number of fused-ring (bicyclic) bond motifs is 1. The van der Waals surface area contributed by atoms with Crippen molar-refractivity contribution < 1.29 is 38.4 Å². The summed E-state index contributed by atoms with van der Waals surface area (Å²) >= 11 is 0. The Hall–Kier alpha value is -4.01. The van der Waals surface area contributed by atoms with E-state index in [1.54, 1.807) is 43.5 Å². The number of ether oxygens (including phenoxy) is 4. The Morgan fingerprint density at radius 2 is 1.88 bits per heavy atom. The minimum absolute atomic E-state index is 0.0190. The molecule has 0 atom stereocenters. The van der Waals surface area contributed by atoms with Crippen LogP contribution in [0.4, 0.5) is 0 Å². The van der Waals surface area contributed by atoms with Crippen molar-refractivity contribution in [3.63, 3.8) is 0 Å². The van der Waals surface area contributed by atoms with Crippen molar-refractivity contribution in [3.05, 3.63) is 53.3 Å². The van der Waals surface area contributed by atoms with Crippen LogP contribution in [-0.4, -0.2) is 50.1 Å². The Labute approximate surface area is 184 Å². The fraction of sp³-hybridized carbons (Fsp3) is 0.261. The summed E-state index contributed by atoms with van der Waals surface area (Å²) in [6.45, 7) is 0.00168. The van der Waals surface area contributed by atoms with Gasteiger partial charge in [-0.15, -0.1) is 0 Å². The molecule has 0 saturated carbocycles. The molecule has 9 nitrogen and oxygen atoms in total. The summed E-state index contributed by atoms with van der Waals surface area (Å²) in [6.07, 6.45) is 1.90. The number of carbonyl (C=O) groups is 3. The van der Waals surface area contributed by atoms with Gasteiger partial charge in [0, 0.05) is 24.6 Å². The van der Waals surface area contributed by atoms with Crippen molar-refractivity contribution in [2.24, 2.45) is 0 Å². The highest BCUT2D eigenvalue weighted by Crippen LogP contribution is 2.36. The number of carbonyl (C=O) groups excluding carboxylic acids is 2. The number of hydrogen-bond acceptors (Lipinski definition) is 7. The summed E-state index contributed by atoms with van der Waals surface area (Å²) in [4.78, 5) is 35.0. The molecule has 9 heteroatoms. The van der Waals surface area contributed by atoms with Gasteiger partial charge in [-0.05, 0) is 42.8 Å². The van der Waals surface area contributed by atoms with E-state index in [4.69, 9.17) is 24.1 Å². The van der Waals surface area contributed by atoms with E-state index in [1.165, 1.54) is 13.2 Å². The summed E-state index contributed by atoms with van der Waals surface area (Å²) in [5.41, 5.74) is 1.00. The Bertz CT molecular complexity index is 1060. The molecular formula is C23H23NO8. The topological polar surface area (TPSA) is 120 Å². The third-order valence-electron chi connectivity index (χ3n) is 4.62. The maximum atomic E-state index is 12.7. The lowest BCUT2D eigenvalue weighted by molar-refractivity contribution is -0.137. The highest BCUT2D eigenvalue weighted by Gasteiger charge is 2.28. The highest BCUT2D eigenvalue weighted by atomic mass is 16.5. The molecule has 0 bridgehead atoms. The molecule has 168 valence electrons. The van der Waals surface area contributed by atoms with E-state index in [1.807, 2.05) is 0 Å². The van der Waals surface area contributed by atoms with E-state index in [2.05, 4.69) is 5.32 Å². The summed E-state index contributed by atoms with van der Waals surface area (Å²) in [7, 11) is 3.07. The number of benzene rings is 2. The molecule has 0 aliphatic carbocycles. The average molecular weight is 441 g/mol. The molecule has 0 aromatic heterocycles. The van der Waals surface area contributed by atoms with Crippen LogP contribution in [0.1, 0.15) is 28.8 Å². The molecule has 1 heterocycles. The Morgan fingerprint density at radius 3 is 2.59 bits per heavy atom. The lowest BCUT2D eigenvalue weighted by atomic mass is 10.1. The van der Waals surface area contributed by atoms with Crippen LogP contribution >= 0.6 is 0 Å². The summed E-state index contributed by atoms with van der Waals surface area (Å²) in [6, 6.07) is 9.90. The first-order valence-corrected chi connectivity index (χ1v) is 9.83. The van der Waals surface area contributed by atoms with Gasteiger partial charge < -0.3 is 29.4 Å². The van der Waals surface area contributed by atoms with Crippen molar-refractivity contribution in [1.29, 1.82) is 0 Å². The number of aliphatic carboxylic acids is 1. The number of carboxylic acids is 1. The lowest BCUT2D eigenvalue weighted by Crippen LogP contribution is -2.29. The van der Waals surface area contributed by atoms with Gasteiger partial charge in [-0.2, -0.15) is 0 Å². The number of methoxy groups -OCH3 is 2. The Kier molecular flexibility index (Phi) is 7.33. The number of nitrogens with one attached hydrogen (secondary N) is 1. The molecule has 0 unspecified atom stereocenters. The first-order valence-electron chi connectivity index (χ1n) is 9.83. The van der Waals surface area contributed by atoms with Gasteiger partial charge in [0.2, 0.25) is 5.78 Å². The molecule has 0 radical (unpaired) electrons. The summed E-state index contributed by atoms with van der Waals surface area (Å²) < 4.78 is 21.7.